The molecular weight excluding hydrogens is 291 g/mol. The first kappa shape index (κ1) is 14.0. The van der Waals surface area contributed by atoms with Gasteiger partial charge in [-0.25, -0.2) is 4.39 Å². The van der Waals surface area contributed by atoms with Crippen molar-refractivity contribution >= 4 is 11.8 Å². The monoisotopic (exact) mass is 304 g/mol. The van der Waals surface area contributed by atoms with E-state index in [1.54, 1.807) is 0 Å². The minimum atomic E-state index is -0.357. The molecule has 0 saturated heterocycles. The Bertz CT molecular complexity index is 705. The summed E-state index contributed by atoms with van der Waals surface area (Å²) in [5.41, 5.74) is 1.10. The smallest absolute Gasteiger partial charge is 0.191 e. The SMILES string of the molecule is N#Cc1ccc(F)cc1CSc1nnc(CO)n1C1CC1. The number of nitrogens with zero attached hydrogens (tertiary/aromatic N) is 4. The van der Waals surface area contributed by atoms with E-state index in [1.165, 1.54) is 30.0 Å². The number of aliphatic hydroxyl groups excluding tert-OH is 1. The largest absolute Gasteiger partial charge is 0.388 e. The Morgan fingerprint density at radius 1 is 1.43 bits per heavy atom. The quantitative estimate of drug-likeness (QED) is 0.859. The summed E-state index contributed by atoms with van der Waals surface area (Å²) in [6.07, 6.45) is 2.12. The van der Waals surface area contributed by atoms with Gasteiger partial charge in [-0.1, -0.05) is 11.8 Å². The Morgan fingerprint density at radius 3 is 2.90 bits per heavy atom. The number of rotatable bonds is 5. The first-order valence-corrected chi connectivity index (χ1v) is 7.57. The number of aliphatic hydroxyl groups is 1. The maximum Gasteiger partial charge on any atom is 0.191 e. The number of thioether (sulfide) groups is 1. The normalized spacial score (nSPS) is 14.1. The van der Waals surface area contributed by atoms with Crippen LogP contribution in [0.25, 0.3) is 0 Å². The van der Waals surface area contributed by atoms with Crippen molar-refractivity contribution in [3.05, 3.63) is 41.0 Å². The van der Waals surface area contributed by atoms with Crippen LogP contribution in [-0.2, 0) is 12.4 Å². The van der Waals surface area contributed by atoms with E-state index in [0.717, 1.165) is 12.8 Å². The molecule has 0 aliphatic heterocycles. The summed E-state index contributed by atoms with van der Waals surface area (Å²) in [6, 6.07) is 6.55. The molecule has 21 heavy (non-hydrogen) atoms. The van der Waals surface area contributed by atoms with Crippen molar-refractivity contribution in [1.82, 2.24) is 14.8 Å². The molecule has 2 aromatic rings. The highest BCUT2D eigenvalue weighted by Gasteiger charge is 2.29. The van der Waals surface area contributed by atoms with Gasteiger partial charge in [0.2, 0.25) is 0 Å². The van der Waals surface area contributed by atoms with Crippen LogP contribution >= 0.6 is 11.8 Å². The van der Waals surface area contributed by atoms with Crippen LogP contribution in [0.5, 0.6) is 0 Å². The lowest BCUT2D eigenvalue weighted by molar-refractivity contribution is 0.263. The van der Waals surface area contributed by atoms with E-state index in [2.05, 4.69) is 16.3 Å². The van der Waals surface area contributed by atoms with Gasteiger partial charge in [-0.2, -0.15) is 5.26 Å². The zero-order chi connectivity index (χ0) is 14.8. The maximum atomic E-state index is 13.3. The summed E-state index contributed by atoms with van der Waals surface area (Å²) in [5, 5.41) is 27.1. The maximum absolute atomic E-state index is 13.3. The third-order valence-electron chi connectivity index (χ3n) is 3.33. The van der Waals surface area contributed by atoms with Gasteiger partial charge < -0.3 is 9.67 Å². The molecule has 0 unspecified atom stereocenters. The number of hydrogen-bond donors (Lipinski definition) is 1. The molecule has 0 bridgehead atoms. The summed E-state index contributed by atoms with van der Waals surface area (Å²) < 4.78 is 15.2. The highest BCUT2D eigenvalue weighted by atomic mass is 32.2. The fourth-order valence-electron chi connectivity index (χ4n) is 2.15. The summed E-state index contributed by atoms with van der Waals surface area (Å²) in [7, 11) is 0. The van der Waals surface area contributed by atoms with Gasteiger partial charge in [-0.05, 0) is 36.6 Å². The van der Waals surface area contributed by atoms with Crippen LogP contribution in [0.1, 0.15) is 35.8 Å². The molecule has 3 rings (SSSR count). The Kier molecular flexibility index (Phi) is 3.90. The highest BCUT2D eigenvalue weighted by Crippen LogP contribution is 2.39. The van der Waals surface area contributed by atoms with Crippen LogP contribution in [0.4, 0.5) is 4.39 Å². The molecule has 1 aromatic heterocycles. The van der Waals surface area contributed by atoms with Crippen LogP contribution in [0.3, 0.4) is 0 Å². The molecule has 0 amide bonds. The van der Waals surface area contributed by atoms with Gasteiger partial charge in [0.1, 0.15) is 12.4 Å². The van der Waals surface area contributed by atoms with Crippen LogP contribution in [0, 0.1) is 17.1 Å². The average molecular weight is 304 g/mol. The van der Waals surface area contributed by atoms with Crippen molar-refractivity contribution in [1.29, 1.82) is 5.26 Å². The number of aromatic nitrogens is 3. The zero-order valence-electron chi connectivity index (χ0n) is 11.2. The summed E-state index contributed by atoms with van der Waals surface area (Å²) in [6.45, 7) is -0.145. The standard InChI is InChI=1S/C14H13FN4OS/c15-11-2-1-9(6-16)10(5-11)8-21-14-18-17-13(7-20)19(14)12-3-4-12/h1-2,5,12,20H,3-4,7-8H2. The molecule has 1 aliphatic rings. The molecule has 1 aliphatic carbocycles. The Morgan fingerprint density at radius 2 is 2.24 bits per heavy atom. The van der Waals surface area contributed by atoms with E-state index in [9.17, 15) is 9.50 Å². The molecule has 108 valence electrons. The predicted molar refractivity (Wildman–Crippen MR) is 74.9 cm³/mol. The molecular formula is C14H13FN4OS. The molecule has 0 atom stereocenters. The van der Waals surface area contributed by atoms with E-state index >= 15 is 0 Å². The fourth-order valence-corrected chi connectivity index (χ4v) is 3.16. The predicted octanol–water partition coefficient (Wildman–Crippen LogP) is 2.41. The Balaban J connectivity index is 1.81. The first-order chi connectivity index (χ1) is 10.2. The van der Waals surface area contributed by atoms with Crippen molar-refractivity contribution in [2.24, 2.45) is 0 Å². The van der Waals surface area contributed by atoms with E-state index in [1.807, 2.05) is 4.57 Å². The molecule has 7 heteroatoms. The molecule has 1 saturated carbocycles. The van der Waals surface area contributed by atoms with Crippen LogP contribution in [0.15, 0.2) is 23.4 Å². The molecule has 1 heterocycles. The average Bonchev–Trinajstić information content (AvgIpc) is 3.25. The van der Waals surface area contributed by atoms with Crippen molar-refractivity contribution in [3.8, 4) is 6.07 Å². The summed E-state index contributed by atoms with van der Waals surface area (Å²) in [5.74, 6) is 0.640. The van der Waals surface area contributed by atoms with Gasteiger partial charge in [0.25, 0.3) is 0 Å². The molecule has 1 fully saturated rings. The van der Waals surface area contributed by atoms with E-state index in [0.29, 0.717) is 33.9 Å². The van der Waals surface area contributed by atoms with E-state index in [-0.39, 0.29) is 12.4 Å². The van der Waals surface area contributed by atoms with Crippen molar-refractivity contribution < 1.29 is 9.50 Å². The topological polar surface area (TPSA) is 74.7 Å². The third-order valence-corrected chi connectivity index (χ3v) is 4.32. The highest BCUT2D eigenvalue weighted by molar-refractivity contribution is 7.98. The second-order valence-corrected chi connectivity index (χ2v) is 5.80. The number of benzene rings is 1. The van der Waals surface area contributed by atoms with Gasteiger partial charge in [0, 0.05) is 11.8 Å². The van der Waals surface area contributed by atoms with Crippen LogP contribution in [0.2, 0.25) is 0 Å². The second-order valence-electron chi connectivity index (χ2n) is 4.86. The summed E-state index contributed by atoms with van der Waals surface area (Å²) >= 11 is 1.40. The van der Waals surface area contributed by atoms with Gasteiger partial charge in [0.05, 0.1) is 11.6 Å². The molecule has 0 spiro atoms. The Hall–Kier alpha value is -1.91. The van der Waals surface area contributed by atoms with Gasteiger partial charge >= 0.3 is 0 Å². The van der Waals surface area contributed by atoms with Gasteiger partial charge in [-0.15, -0.1) is 10.2 Å². The van der Waals surface area contributed by atoms with Gasteiger partial charge in [-0.3, -0.25) is 0 Å². The number of halogens is 1. The second kappa shape index (κ2) is 5.84. The van der Waals surface area contributed by atoms with Gasteiger partial charge in [0.15, 0.2) is 11.0 Å². The fraction of sp³-hybridized carbons (Fsp3) is 0.357. The minimum absolute atomic E-state index is 0.145. The Labute approximate surface area is 125 Å². The molecule has 1 aromatic carbocycles. The molecule has 1 N–H and O–H groups in total. The molecule has 0 radical (unpaired) electrons. The number of nitriles is 1. The lowest BCUT2D eigenvalue weighted by Gasteiger charge is -2.08. The van der Waals surface area contributed by atoms with E-state index < -0.39 is 0 Å². The van der Waals surface area contributed by atoms with Crippen molar-refractivity contribution in [3.63, 3.8) is 0 Å². The lowest BCUT2D eigenvalue weighted by atomic mass is 10.1. The number of hydrogen-bond acceptors (Lipinski definition) is 5. The van der Waals surface area contributed by atoms with E-state index in [4.69, 9.17) is 5.26 Å². The lowest BCUT2D eigenvalue weighted by Crippen LogP contribution is -2.03. The molecule has 5 nitrogen and oxygen atoms in total. The zero-order valence-corrected chi connectivity index (χ0v) is 12.0. The minimum Gasteiger partial charge on any atom is -0.388 e. The van der Waals surface area contributed by atoms with Crippen molar-refractivity contribution in [2.45, 2.75) is 36.4 Å². The van der Waals surface area contributed by atoms with Crippen LogP contribution < -0.4 is 0 Å². The third kappa shape index (κ3) is 2.91. The van der Waals surface area contributed by atoms with Crippen molar-refractivity contribution in [2.75, 3.05) is 0 Å². The van der Waals surface area contributed by atoms with Crippen LogP contribution in [-0.4, -0.2) is 19.9 Å². The summed E-state index contributed by atoms with van der Waals surface area (Å²) in [4.78, 5) is 0. The first-order valence-electron chi connectivity index (χ1n) is 6.59.